The lowest BCUT2D eigenvalue weighted by atomic mass is 10.4. The summed E-state index contributed by atoms with van der Waals surface area (Å²) in [5.74, 6) is 0. The van der Waals surface area contributed by atoms with Crippen LogP contribution in [-0.2, 0) is 0 Å². The molecule has 0 bridgehead atoms. The fraction of sp³-hybridized carbons (Fsp3) is 0.333. The van der Waals surface area contributed by atoms with Crippen molar-refractivity contribution in [1.29, 1.82) is 0 Å². The Balaban J connectivity index is 4.82. The van der Waals surface area contributed by atoms with Crippen molar-refractivity contribution in [2.45, 2.75) is 0 Å². The zero-order chi connectivity index (χ0) is 9.72. The van der Waals surface area contributed by atoms with E-state index in [1.54, 1.807) is 0 Å². The maximum atomic E-state index is 8.85. The molecule has 0 heterocycles. The standard InChI is InChI=1S/C6H6I4O2/c7-3(1-11)5(9)6(10)4(8)2-12/h11-12H,1-2H2/b5-3-,6-4+. The second kappa shape index (κ2) is 7.59. The Morgan fingerprint density at radius 1 is 0.750 bits per heavy atom. The van der Waals surface area contributed by atoms with Gasteiger partial charge < -0.3 is 10.2 Å². The molecule has 0 fully saturated rings. The van der Waals surface area contributed by atoms with Crippen molar-refractivity contribution in [2.75, 3.05) is 13.2 Å². The van der Waals surface area contributed by atoms with Gasteiger partial charge in [-0.15, -0.1) is 0 Å². The van der Waals surface area contributed by atoms with E-state index >= 15 is 0 Å². The minimum absolute atomic E-state index is 0.0562. The Hall–Kier alpha value is 2.32. The van der Waals surface area contributed by atoms with E-state index in [0.717, 1.165) is 14.3 Å². The molecule has 0 amide bonds. The largest absolute Gasteiger partial charge is 0.391 e. The van der Waals surface area contributed by atoms with Gasteiger partial charge in [-0.2, -0.15) is 0 Å². The smallest absolute Gasteiger partial charge is 0.0749 e. The molecule has 0 aliphatic rings. The quantitative estimate of drug-likeness (QED) is 0.378. The summed E-state index contributed by atoms with van der Waals surface area (Å²) < 4.78 is 3.82. The van der Waals surface area contributed by atoms with Gasteiger partial charge in [0.1, 0.15) is 0 Å². The van der Waals surface area contributed by atoms with E-state index in [1.807, 2.05) is 0 Å². The van der Waals surface area contributed by atoms with Crippen molar-refractivity contribution in [3.8, 4) is 0 Å². The maximum Gasteiger partial charge on any atom is 0.0749 e. The van der Waals surface area contributed by atoms with E-state index in [2.05, 4.69) is 90.4 Å². The van der Waals surface area contributed by atoms with E-state index in [0.29, 0.717) is 0 Å². The van der Waals surface area contributed by atoms with Crippen molar-refractivity contribution < 1.29 is 10.2 Å². The van der Waals surface area contributed by atoms with E-state index < -0.39 is 0 Å². The minimum Gasteiger partial charge on any atom is -0.391 e. The van der Waals surface area contributed by atoms with Crippen LogP contribution in [0.25, 0.3) is 0 Å². The first-order valence-corrected chi connectivity index (χ1v) is 7.16. The van der Waals surface area contributed by atoms with Crippen LogP contribution in [0.15, 0.2) is 14.3 Å². The summed E-state index contributed by atoms with van der Waals surface area (Å²) in [6, 6.07) is 0. The van der Waals surface area contributed by atoms with Gasteiger partial charge in [-0.25, -0.2) is 0 Å². The van der Waals surface area contributed by atoms with Crippen LogP contribution in [0.4, 0.5) is 0 Å². The van der Waals surface area contributed by atoms with Crippen LogP contribution >= 0.6 is 90.4 Å². The Kier molecular flexibility index (Phi) is 9.06. The first-order chi connectivity index (χ1) is 5.54. The highest BCUT2D eigenvalue weighted by Crippen LogP contribution is 2.34. The number of allylic oxidation sites excluding steroid dienone is 2. The summed E-state index contributed by atoms with van der Waals surface area (Å²) in [4.78, 5) is 0. The predicted molar refractivity (Wildman–Crippen MR) is 84.3 cm³/mol. The molecule has 0 aliphatic heterocycles. The summed E-state index contributed by atoms with van der Waals surface area (Å²) in [5.41, 5.74) is 0. The lowest BCUT2D eigenvalue weighted by Gasteiger charge is -2.03. The fourth-order valence-electron chi connectivity index (χ4n) is 0.377. The van der Waals surface area contributed by atoms with Gasteiger partial charge in [0.2, 0.25) is 0 Å². The molecule has 0 aliphatic carbocycles. The van der Waals surface area contributed by atoms with Crippen molar-refractivity contribution in [2.24, 2.45) is 0 Å². The van der Waals surface area contributed by atoms with E-state index in [4.69, 9.17) is 10.2 Å². The van der Waals surface area contributed by atoms with Crippen LogP contribution < -0.4 is 0 Å². The zero-order valence-corrected chi connectivity index (χ0v) is 14.5. The van der Waals surface area contributed by atoms with Gasteiger partial charge in [0.25, 0.3) is 0 Å². The molecule has 2 N–H and O–H groups in total. The molecule has 12 heavy (non-hydrogen) atoms. The van der Waals surface area contributed by atoms with Crippen LogP contribution in [0.3, 0.4) is 0 Å². The molecule has 0 aromatic carbocycles. The van der Waals surface area contributed by atoms with Gasteiger partial charge in [0, 0.05) is 14.3 Å². The molecule has 6 heteroatoms. The molecule has 2 nitrogen and oxygen atoms in total. The van der Waals surface area contributed by atoms with Gasteiger partial charge in [-0.05, 0) is 90.4 Å². The summed E-state index contributed by atoms with van der Waals surface area (Å²) in [6.45, 7) is 0.112. The van der Waals surface area contributed by atoms with Crippen molar-refractivity contribution in [3.63, 3.8) is 0 Å². The van der Waals surface area contributed by atoms with E-state index in [1.165, 1.54) is 0 Å². The van der Waals surface area contributed by atoms with E-state index in [-0.39, 0.29) is 13.2 Å². The van der Waals surface area contributed by atoms with Gasteiger partial charge in [0.05, 0.1) is 13.2 Å². The molecule has 0 spiro atoms. The van der Waals surface area contributed by atoms with Gasteiger partial charge in [-0.3, -0.25) is 0 Å². The average Bonchev–Trinajstić information content (AvgIpc) is 2.12. The molecule has 0 aromatic heterocycles. The van der Waals surface area contributed by atoms with Crippen LogP contribution in [0.2, 0.25) is 0 Å². The third-order valence-electron chi connectivity index (χ3n) is 0.947. The highest BCUT2D eigenvalue weighted by atomic mass is 127. The lowest BCUT2D eigenvalue weighted by Crippen LogP contribution is -1.89. The molecule has 0 aromatic rings. The molecule has 0 radical (unpaired) electrons. The third kappa shape index (κ3) is 4.70. The monoisotopic (exact) mass is 618 g/mol. The first kappa shape index (κ1) is 14.3. The topological polar surface area (TPSA) is 40.5 Å². The lowest BCUT2D eigenvalue weighted by molar-refractivity contribution is 0.339. The highest BCUT2D eigenvalue weighted by molar-refractivity contribution is 14.1. The zero-order valence-electron chi connectivity index (χ0n) is 5.82. The van der Waals surface area contributed by atoms with Gasteiger partial charge in [0.15, 0.2) is 0 Å². The number of aliphatic hydroxyl groups is 2. The van der Waals surface area contributed by atoms with E-state index in [9.17, 15) is 0 Å². The minimum atomic E-state index is 0.0562. The highest BCUT2D eigenvalue weighted by Gasteiger charge is 2.07. The summed E-state index contributed by atoms with van der Waals surface area (Å²) in [6.07, 6.45) is 0. The number of rotatable bonds is 3. The Labute approximate surface area is 126 Å². The normalized spacial score (nSPS) is 15.5. The third-order valence-corrected chi connectivity index (χ3v) is 8.18. The summed E-state index contributed by atoms with van der Waals surface area (Å²) >= 11 is 8.52. The molecule has 0 saturated carbocycles. The molecule has 0 unspecified atom stereocenters. The Morgan fingerprint density at radius 2 is 1.00 bits per heavy atom. The molecule has 70 valence electrons. The van der Waals surface area contributed by atoms with Crippen LogP contribution in [0, 0.1) is 0 Å². The predicted octanol–water partition coefficient (Wildman–Crippen LogP) is 3.13. The van der Waals surface area contributed by atoms with Crippen LogP contribution in [0.1, 0.15) is 0 Å². The van der Waals surface area contributed by atoms with Gasteiger partial charge in [-0.1, -0.05) is 0 Å². The summed E-state index contributed by atoms with van der Waals surface area (Å²) in [7, 11) is 0. The summed E-state index contributed by atoms with van der Waals surface area (Å²) in [5, 5.41) is 17.7. The molecular formula is C6H6I4O2. The number of halogens is 4. The second-order valence-corrected chi connectivity index (χ2v) is 6.52. The molecular weight excluding hydrogens is 612 g/mol. The van der Waals surface area contributed by atoms with Crippen molar-refractivity contribution >= 4 is 90.4 Å². The number of hydrogen-bond donors (Lipinski definition) is 2. The number of hydrogen-bond acceptors (Lipinski definition) is 2. The van der Waals surface area contributed by atoms with Gasteiger partial charge >= 0.3 is 0 Å². The SMILES string of the molecule is OC/C(I)=C(I)\C(I)=C(/I)CO. The average molecular weight is 618 g/mol. The van der Waals surface area contributed by atoms with Crippen molar-refractivity contribution in [1.82, 2.24) is 0 Å². The van der Waals surface area contributed by atoms with Crippen LogP contribution in [0.5, 0.6) is 0 Å². The van der Waals surface area contributed by atoms with Crippen molar-refractivity contribution in [3.05, 3.63) is 14.3 Å². The number of aliphatic hydroxyl groups excluding tert-OH is 2. The molecule has 0 rings (SSSR count). The fourth-order valence-corrected chi connectivity index (χ4v) is 2.94. The molecule has 0 atom stereocenters. The second-order valence-electron chi connectivity index (χ2n) is 1.75. The van der Waals surface area contributed by atoms with Crippen LogP contribution in [-0.4, -0.2) is 23.4 Å². The molecule has 0 saturated heterocycles. The maximum absolute atomic E-state index is 8.85. The Bertz CT molecular complexity index is 198. The Morgan fingerprint density at radius 3 is 1.17 bits per heavy atom. The first-order valence-electron chi connectivity index (χ1n) is 2.85.